The average Bonchev–Trinajstić information content (AvgIpc) is 3.42. The Hall–Kier alpha value is -3.74. The number of hydrogen-bond acceptors (Lipinski definition) is 5. The van der Waals surface area contributed by atoms with Crippen molar-refractivity contribution in [1.29, 1.82) is 0 Å². The van der Waals surface area contributed by atoms with Gasteiger partial charge in [-0.1, -0.05) is 24.3 Å². The van der Waals surface area contributed by atoms with Gasteiger partial charge in [0.2, 0.25) is 5.91 Å². The molecule has 7 nitrogen and oxygen atoms in total. The van der Waals surface area contributed by atoms with Crippen LogP contribution >= 0.6 is 0 Å². The Morgan fingerprint density at radius 2 is 1.64 bits per heavy atom. The van der Waals surface area contributed by atoms with Crippen LogP contribution in [-0.2, 0) is 17.8 Å². The predicted octanol–water partition coefficient (Wildman–Crippen LogP) is 3.20. The van der Waals surface area contributed by atoms with Crippen molar-refractivity contribution in [1.82, 2.24) is 9.80 Å². The van der Waals surface area contributed by atoms with Gasteiger partial charge in [-0.15, -0.1) is 0 Å². The van der Waals surface area contributed by atoms with Crippen molar-refractivity contribution in [3.63, 3.8) is 0 Å². The summed E-state index contributed by atoms with van der Waals surface area (Å²) in [5.74, 6) is 0.839. The molecule has 1 aromatic heterocycles. The van der Waals surface area contributed by atoms with E-state index in [1.807, 2.05) is 53.4 Å². The number of anilines is 1. The van der Waals surface area contributed by atoms with Crippen molar-refractivity contribution in [2.45, 2.75) is 19.0 Å². The maximum absolute atomic E-state index is 13.6. The molecule has 2 aromatic carbocycles. The third-order valence-corrected chi connectivity index (χ3v) is 6.56. The molecule has 33 heavy (non-hydrogen) atoms. The number of methoxy groups -OCH3 is 1. The number of carbonyl (C=O) groups excluding carboxylic acids is 2. The zero-order valence-electron chi connectivity index (χ0n) is 18.6. The van der Waals surface area contributed by atoms with Crippen molar-refractivity contribution in [3.8, 4) is 5.75 Å². The first-order chi connectivity index (χ1) is 16.1. The number of ether oxygens (including phenoxy) is 1. The van der Waals surface area contributed by atoms with Crippen LogP contribution in [-0.4, -0.2) is 60.9 Å². The lowest BCUT2D eigenvalue weighted by molar-refractivity contribution is -0.137. The van der Waals surface area contributed by atoms with Gasteiger partial charge in [-0.2, -0.15) is 0 Å². The van der Waals surface area contributed by atoms with Crippen molar-refractivity contribution < 1.29 is 18.7 Å². The Bertz CT molecular complexity index is 1120. The zero-order valence-corrected chi connectivity index (χ0v) is 18.6. The summed E-state index contributed by atoms with van der Waals surface area (Å²) >= 11 is 0. The van der Waals surface area contributed by atoms with E-state index in [0.29, 0.717) is 26.1 Å². The third-order valence-electron chi connectivity index (χ3n) is 6.56. The van der Waals surface area contributed by atoms with E-state index in [-0.39, 0.29) is 17.6 Å². The van der Waals surface area contributed by atoms with Gasteiger partial charge in [0.15, 0.2) is 5.76 Å². The Balaban J connectivity index is 1.32. The van der Waals surface area contributed by atoms with Crippen LogP contribution in [0.25, 0.3) is 0 Å². The van der Waals surface area contributed by atoms with E-state index in [1.54, 1.807) is 24.1 Å². The molecule has 0 bridgehead atoms. The lowest BCUT2D eigenvalue weighted by Crippen LogP contribution is -2.57. The predicted molar refractivity (Wildman–Crippen MR) is 124 cm³/mol. The van der Waals surface area contributed by atoms with Gasteiger partial charge in [0.1, 0.15) is 11.8 Å². The number of rotatable bonds is 4. The van der Waals surface area contributed by atoms with Gasteiger partial charge in [-0.05, 0) is 47.5 Å². The van der Waals surface area contributed by atoms with E-state index in [0.717, 1.165) is 35.7 Å². The molecule has 0 spiro atoms. The number of furan rings is 1. The summed E-state index contributed by atoms with van der Waals surface area (Å²) in [7, 11) is 1.66. The molecule has 0 aliphatic carbocycles. The van der Waals surface area contributed by atoms with Gasteiger partial charge >= 0.3 is 0 Å². The minimum absolute atomic E-state index is 0.00112. The number of fused-ring (bicyclic) bond motifs is 1. The molecular weight excluding hydrogens is 418 g/mol. The Labute approximate surface area is 193 Å². The van der Waals surface area contributed by atoms with Gasteiger partial charge in [-0.3, -0.25) is 9.59 Å². The molecule has 3 aromatic rings. The molecule has 1 atom stereocenters. The highest BCUT2D eigenvalue weighted by molar-refractivity contribution is 5.96. The largest absolute Gasteiger partial charge is 0.497 e. The topological polar surface area (TPSA) is 66.2 Å². The number of carbonyl (C=O) groups is 2. The first-order valence-electron chi connectivity index (χ1n) is 11.2. The molecule has 5 rings (SSSR count). The fraction of sp³-hybridized carbons (Fsp3) is 0.308. The van der Waals surface area contributed by atoms with E-state index in [4.69, 9.17) is 9.15 Å². The van der Waals surface area contributed by atoms with E-state index >= 15 is 0 Å². The minimum atomic E-state index is -0.537. The molecule has 0 unspecified atom stereocenters. The standard InChI is InChI=1S/C26H27N3O4/c1-32-22-10-8-21(9-11-22)27-12-14-28(15-13-27)25(30)23-17-19-5-2-3-6-20(19)18-29(23)26(31)24-7-4-16-33-24/h2-11,16,23H,12-15,17-18H2,1H3/t23-/m1/s1. The fourth-order valence-electron chi connectivity index (χ4n) is 4.69. The van der Waals surface area contributed by atoms with Crippen LogP contribution in [0.2, 0.25) is 0 Å². The van der Waals surface area contributed by atoms with Crippen molar-refractivity contribution >= 4 is 17.5 Å². The average molecular weight is 446 g/mol. The summed E-state index contributed by atoms with van der Waals surface area (Å²) < 4.78 is 10.6. The monoisotopic (exact) mass is 445 g/mol. The second-order valence-electron chi connectivity index (χ2n) is 8.41. The van der Waals surface area contributed by atoms with E-state index in [2.05, 4.69) is 4.90 Å². The normalized spacial score (nSPS) is 18.1. The molecule has 0 N–H and O–H groups in total. The van der Waals surface area contributed by atoms with E-state index < -0.39 is 6.04 Å². The van der Waals surface area contributed by atoms with Crippen molar-refractivity contribution in [2.24, 2.45) is 0 Å². The maximum Gasteiger partial charge on any atom is 0.290 e. The zero-order chi connectivity index (χ0) is 22.8. The van der Waals surface area contributed by atoms with Crippen LogP contribution < -0.4 is 9.64 Å². The highest BCUT2D eigenvalue weighted by atomic mass is 16.5. The summed E-state index contributed by atoms with van der Waals surface area (Å²) in [5.41, 5.74) is 3.31. The highest BCUT2D eigenvalue weighted by Crippen LogP contribution is 2.27. The molecule has 1 saturated heterocycles. The second kappa shape index (κ2) is 9.02. The van der Waals surface area contributed by atoms with Crippen LogP contribution in [0, 0.1) is 0 Å². The first-order valence-corrected chi connectivity index (χ1v) is 11.2. The summed E-state index contributed by atoms with van der Waals surface area (Å²) in [6.45, 7) is 3.12. The molecule has 0 radical (unpaired) electrons. The molecule has 170 valence electrons. The summed E-state index contributed by atoms with van der Waals surface area (Å²) in [4.78, 5) is 32.7. The summed E-state index contributed by atoms with van der Waals surface area (Å²) in [5, 5.41) is 0. The summed E-state index contributed by atoms with van der Waals surface area (Å²) in [6, 6.07) is 18.8. The van der Waals surface area contributed by atoms with Gasteiger partial charge in [0.05, 0.1) is 13.4 Å². The van der Waals surface area contributed by atoms with Gasteiger partial charge in [0, 0.05) is 44.8 Å². The lowest BCUT2D eigenvalue weighted by Gasteiger charge is -2.41. The lowest BCUT2D eigenvalue weighted by atomic mass is 9.92. The Morgan fingerprint density at radius 1 is 0.909 bits per heavy atom. The quantitative estimate of drug-likeness (QED) is 0.617. The minimum Gasteiger partial charge on any atom is -0.497 e. The van der Waals surface area contributed by atoms with Crippen LogP contribution in [0.5, 0.6) is 5.75 Å². The first kappa shape index (κ1) is 21.1. The molecule has 2 amide bonds. The van der Waals surface area contributed by atoms with E-state index in [1.165, 1.54) is 6.26 Å². The van der Waals surface area contributed by atoms with Crippen molar-refractivity contribution in [2.75, 3.05) is 38.2 Å². The van der Waals surface area contributed by atoms with E-state index in [9.17, 15) is 9.59 Å². The molecule has 0 saturated carbocycles. The Morgan fingerprint density at radius 3 is 2.30 bits per heavy atom. The molecular formula is C26H27N3O4. The maximum atomic E-state index is 13.6. The van der Waals surface area contributed by atoms with Crippen molar-refractivity contribution in [3.05, 3.63) is 83.8 Å². The number of benzene rings is 2. The number of nitrogens with zero attached hydrogens (tertiary/aromatic N) is 3. The number of amides is 2. The highest BCUT2D eigenvalue weighted by Gasteiger charge is 2.38. The SMILES string of the molecule is COc1ccc(N2CCN(C(=O)[C@H]3Cc4ccccc4CN3C(=O)c3ccco3)CC2)cc1. The molecule has 3 heterocycles. The molecule has 2 aliphatic heterocycles. The third kappa shape index (κ3) is 4.18. The number of piperazine rings is 1. The van der Waals surface area contributed by atoms with Gasteiger partial charge < -0.3 is 23.9 Å². The number of hydrogen-bond donors (Lipinski definition) is 0. The van der Waals surface area contributed by atoms with Crippen LogP contribution in [0.4, 0.5) is 5.69 Å². The summed E-state index contributed by atoms with van der Waals surface area (Å²) in [6.07, 6.45) is 2.00. The molecule has 7 heteroatoms. The van der Waals surface area contributed by atoms with Gasteiger partial charge in [0.25, 0.3) is 5.91 Å². The molecule has 2 aliphatic rings. The van der Waals surface area contributed by atoms with Crippen LogP contribution in [0.1, 0.15) is 21.7 Å². The molecule has 1 fully saturated rings. The van der Waals surface area contributed by atoms with Crippen LogP contribution in [0.3, 0.4) is 0 Å². The fourth-order valence-corrected chi connectivity index (χ4v) is 4.69. The second-order valence-corrected chi connectivity index (χ2v) is 8.41. The smallest absolute Gasteiger partial charge is 0.290 e. The Kier molecular flexibility index (Phi) is 5.77. The van der Waals surface area contributed by atoms with Gasteiger partial charge in [-0.25, -0.2) is 0 Å². The van der Waals surface area contributed by atoms with Crippen LogP contribution in [0.15, 0.2) is 71.3 Å².